The SMILES string of the molecule is Cn1c(=O)c2c(ncn2CC(=O)Nc2cccc(-c3ccn[nH]3)c2)n(C)c1=O. The first-order valence-electron chi connectivity index (χ1n) is 8.46. The lowest BCUT2D eigenvalue weighted by Gasteiger charge is -2.09. The van der Waals surface area contributed by atoms with Crippen LogP contribution in [0.1, 0.15) is 0 Å². The molecule has 0 radical (unpaired) electrons. The zero-order valence-corrected chi connectivity index (χ0v) is 15.2. The van der Waals surface area contributed by atoms with Crippen molar-refractivity contribution in [1.29, 1.82) is 0 Å². The molecule has 1 amide bonds. The van der Waals surface area contributed by atoms with Crippen LogP contribution in [0.3, 0.4) is 0 Å². The highest BCUT2D eigenvalue weighted by Crippen LogP contribution is 2.20. The number of benzene rings is 1. The third-order valence-corrected chi connectivity index (χ3v) is 4.49. The Balaban J connectivity index is 1.61. The quantitative estimate of drug-likeness (QED) is 0.534. The first-order valence-corrected chi connectivity index (χ1v) is 8.46. The molecule has 0 atom stereocenters. The van der Waals surface area contributed by atoms with Gasteiger partial charge in [0.05, 0.1) is 12.0 Å². The highest BCUT2D eigenvalue weighted by Gasteiger charge is 2.16. The van der Waals surface area contributed by atoms with Gasteiger partial charge in [0.1, 0.15) is 6.54 Å². The minimum atomic E-state index is -0.496. The molecule has 142 valence electrons. The number of carbonyl (C=O) groups excluding carboxylic acids is 1. The van der Waals surface area contributed by atoms with E-state index in [1.165, 1.54) is 29.6 Å². The Morgan fingerprint density at radius 3 is 2.75 bits per heavy atom. The lowest BCUT2D eigenvalue weighted by atomic mass is 10.1. The van der Waals surface area contributed by atoms with Crippen molar-refractivity contribution in [3.05, 3.63) is 63.7 Å². The van der Waals surface area contributed by atoms with Crippen molar-refractivity contribution < 1.29 is 4.79 Å². The van der Waals surface area contributed by atoms with Crippen molar-refractivity contribution in [3.63, 3.8) is 0 Å². The summed E-state index contributed by atoms with van der Waals surface area (Å²) in [7, 11) is 2.92. The summed E-state index contributed by atoms with van der Waals surface area (Å²) in [5.74, 6) is -0.322. The van der Waals surface area contributed by atoms with Gasteiger partial charge in [-0.05, 0) is 18.2 Å². The molecule has 0 aliphatic rings. The van der Waals surface area contributed by atoms with E-state index in [1.54, 1.807) is 12.3 Å². The molecule has 10 heteroatoms. The molecule has 0 saturated heterocycles. The van der Waals surface area contributed by atoms with Gasteiger partial charge in [0.25, 0.3) is 5.56 Å². The molecule has 2 N–H and O–H groups in total. The van der Waals surface area contributed by atoms with E-state index in [0.717, 1.165) is 15.8 Å². The molecular formula is C18H17N7O3. The van der Waals surface area contributed by atoms with Gasteiger partial charge >= 0.3 is 5.69 Å². The molecule has 0 bridgehead atoms. The summed E-state index contributed by atoms with van der Waals surface area (Å²) in [4.78, 5) is 41.1. The smallest absolute Gasteiger partial charge is 0.325 e. The number of aryl methyl sites for hydroxylation is 1. The lowest BCUT2D eigenvalue weighted by molar-refractivity contribution is -0.116. The van der Waals surface area contributed by atoms with Crippen LogP contribution < -0.4 is 16.6 Å². The molecule has 1 aromatic carbocycles. The number of hydrogen-bond donors (Lipinski definition) is 2. The Morgan fingerprint density at radius 1 is 1.18 bits per heavy atom. The van der Waals surface area contributed by atoms with Crippen LogP contribution in [-0.2, 0) is 25.4 Å². The van der Waals surface area contributed by atoms with Crippen molar-refractivity contribution in [3.8, 4) is 11.3 Å². The van der Waals surface area contributed by atoms with E-state index in [2.05, 4.69) is 20.5 Å². The van der Waals surface area contributed by atoms with Crippen LogP contribution in [-0.4, -0.2) is 34.8 Å². The minimum absolute atomic E-state index is 0.113. The Hall–Kier alpha value is -3.95. The molecule has 0 aliphatic heterocycles. The predicted molar refractivity (Wildman–Crippen MR) is 103 cm³/mol. The fourth-order valence-corrected chi connectivity index (χ4v) is 3.05. The molecule has 28 heavy (non-hydrogen) atoms. The van der Waals surface area contributed by atoms with E-state index in [1.807, 2.05) is 24.3 Å². The number of fused-ring (bicyclic) bond motifs is 1. The zero-order valence-electron chi connectivity index (χ0n) is 15.2. The van der Waals surface area contributed by atoms with E-state index in [-0.39, 0.29) is 23.6 Å². The van der Waals surface area contributed by atoms with E-state index in [9.17, 15) is 14.4 Å². The fourth-order valence-electron chi connectivity index (χ4n) is 3.05. The molecule has 3 aromatic heterocycles. The largest absolute Gasteiger partial charge is 0.332 e. The van der Waals surface area contributed by atoms with Crippen molar-refractivity contribution in [1.82, 2.24) is 28.9 Å². The van der Waals surface area contributed by atoms with E-state index in [0.29, 0.717) is 5.69 Å². The summed E-state index contributed by atoms with van der Waals surface area (Å²) >= 11 is 0. The molecule has 0 aliphatic carbocycles. The second-order valence-electron chi connectivity index (χ2n) is 6.35. The summed E-state index contributed by atoms with van der Waals surface area (Å²) in [5.41, 5.74) is 1.80. The first-order chi connectivity index (χ1) is 13.5. The maximum Gasteiger partial charge on any atom is 0.332 e. The normalized spacial score (nSPS) is 11.1. The molecule has 0 saturated carbocycles. The average Bonchev–Trinajstić information content (AvgIpc) is 3.35. The van der Waals surface area contributed by atoms with E-state index >= 15 is 0 Å². The van der Waals surface area contributed by atoms with Gasteiger partial charge < -0.3 is 9.88 Å². The van der Waals surface area contributed by atoms with E-state index in [4.69, 9.17) is 0 Å². The third kappa shape index (κ3) is 2.90. The summed E-state index contributed by atoms with van der Waals surface area (Å²) in [6.45, 7) is -0.113. The van der Waals surface area contributed by atoms with Crippen LogP contribution in [0.4, 0.5) is 5.69 Å². The molecule has 0 spiro atoms. The zero-order chi connectivity index (χ0) is 19.8. The molecule has 4 aromatic rings. The number of aromatic nitrogens is 6. The topological polar surface area (TPSA) is 120 Å². The second-order valence-corrected chi connectivity index (χ2v) is 6.35. The number of hydrogen-bond acceptors (Lipinski definition) is 5. The number of nitrogens with zero attached hydrogens (tertiary/aromatic N) is 5. The van der Waals surface area contributed by atoms with Crippen LogP contribution in [0, 0.1) is 0 Å². The Kier molecular flexibility index (Phi) is 4.15. The number of amides is 1. The highest BCUT2D eigenvalue weighted by molar-refractivity contribution is 5.92. The van der Waals surface area contributed by atoms with Crippen LogP contribution in [0.5, 0.6) is 0 Å². The first kappa shape index (κ1) is 17.5. The lowest BCUT2D eigenvalue weighted by Crippen LogP contribution is -2.37. The van der Waals surface area contributed by atoms with Gasteiger partial charge in [0.15, 0.2) is 11.2 Å². The summed E-state index contributed by atoms with van der Waals surface area (Å²) in [6, 6.07) is 9.14. The maximum absolute atomic E-state index is 12.5. The number of H-pyrrole nitrogens is 1. The van der Waals surface area contributed by atoms with Gasteiger partial charge in [-0.3, -0.25) is 23.8 Å². The number of anilines is 1. The molecular weight excluding hydrogens is 362 g/mol. The molecule has 3 heterocycles. The summed E-state index contributed by atoms with van der Waals surface area (Å²) < 4.78 is 3.70. The summed E-state index contributed by atoms with van der Waals surface area (Å²) in [5, 5.41) is 9.60. The number of imidazole rings is 1. The van der Waals surface area contributed by atoms with Crippen LogP contribution in [0.15, 0.2) is 52.4 Å². The average molecular weight is 379 g/mol. The van der Waals surface area contributed by atoms with Gasteiger partial charge in [0, 0.05) is 31.5 Å². The van der Waals surface area contributed by atoms with Crippen molar-refractivity contribution in [2.45, 2.75) is 6.54 Å². The maximum atomic E-state index is 12.5. The predicted octanol–water partition coefficient (Wildman–Crippen LogP) is 0.462. The Labute approximate surface area is 158 Å². The van der Waals surface area contributed by atoms with Crippen LogP contribution in [0.25, 0.3) is 22.4 Å². The summed E-state index contributed by atoms with van der Waals surface area (Å²) in [6.07, 6.45) is 3.03. The minimum Gasteiger partial charge on any atom is -0.325 e. The number of nitrogens with one attached hydrogen (secondary N) is 2. The van der Waals surface area contributed by atoms with Gasteiger partial charge in [0.2, 0.25) is 5.91 Å². The Bertz CT molecular complexity index is 1300. The van der Waals surface area contributed by atoms with Crippen molar-refractivity contribution in [2.24, 2.45) is 14.1 Å². The monoisotopic (exact) mass is 379 g/mol. The highest BCUT2D eigenvalue weighted by atomic mass is 16.2. The van der Waals surface area contributed by atoms with Crippen molar-refractivity contribution in [2.75, 3.05) is 5.32 Å². The van der Waals surface area contributed by atoms with Gasteiger partial charge in [-0.25, -0.2) is 9.78 Å². The molecule has 0 unspecified atom stereocenters. The van der Waals surface area contributed by atoms with Gasteiger partial charge in [-0.15, -0.1) is 0 Å². The number of carbonyl (C=O) groups is 1. The number of rotatable bonds is 4. The molecule has 4 rings (SSSR count). The Morgan fingerprint density at radius 2 is 2.00 bits per heavy atom. The molecule has 0 fully saturated rings. The van der Waals surface area contributed by atoms with Gasteiger partial charge in [-0.1, -0.05) is 12.1 Å². The van der Waals surface area contributed by atoms with E-state index < -0.39 is 11.2 Å². The second kappa shape index (κ2) is 6.65. The number of aromatic amines is 1. The van der Waals surface area contributed by atoms with Crippen LogP contribution in [0.2, 0.25) is 0 Å². The molecule has 10 nitrogen and oxygen atoms in total. The third-order valence-electron chi connectivity index (χ3n) is 4.49. The van der Waals surface area contributed by atoms with Gasteiger partial charge in [-0.2, -0.15) is 5.10 Å². The fraction of sp³-hybridized carbons (Fsp3) is 0.167. The van der Waals surface area contributed by atoms with Crippen molar-refractivity contribution >= 4 is 22.8 Å². The standard InChI is InChI=1S/C18H17N7O3/c1-23-16-15(17(27)24(2)18(23)28)25(10-19-16)9-14(26)21-12-5-3-4-11(8-12)13-6-7-20-22-13/h3-8,10H,9H2,1-2H3,(H,20,22)(H,21,26). The van der Waals surface area contributed by atoms with Crippen LogP contribution >= 0.6 is 0 Å².